The Balaban J connectivity index is 2.77. The Morgan fingerprint density at radius 2 is 2.50 bits per heavy atom. The van der Waals surface area contributed by atoms with Gasteiger partial charge in [-0.2, -0.15) is 4.68 Å². The van der Waals surface area contributed by atoms with Crippen LogP contribution in [0, 0.1) is 6.33 Å². The van der Waals surface area contributed by atoms with Crippen molar-refractivity contribution in [3.05, 3.63) is 12.4 Å². The normalized spacial score (nSPS) is 10.6. The summed E-state index contributed by atoms with van der Waals surface area (Å²) >= 11 is 0. The molecule has 4 heteroatoms. The standard InChI is InChI=1S/C4H5N4/c1-2-3-8-4-5-6-7-8/h2-3H,1H3. The van der Waals surface area contributed by atoms with Crippen molar-refractivity contribution < 1.29 is 0 Å². The molecule has 0 aliphatic rings. The second-order valence-corrected chi connectivity index (χ2v) is 1.21. The van der Waals surface area contributed by atoms with Gasteiger partial charge in [-0.25, -0.2) is 0 Å². The molecular weight excluding hydrogens is 104 g/mol. The Kier molecular flexibility index (Phi) is 1.37. The summed E-state index contributed by atoms with van der Waals surface area (Å²) in [6.07, 6.45) is 6.03. The highest BCUT2D eigenvalue weighted by Gasteiger charge is 1.80. The highest BCUT2D eigenvalue weighted by atomic mass is 15.5. The van der Waals surface area contributed by atoms with Crippen molar-refractivity contribution in [2.24, 2.45) is 0 Å². The third kappa shape index (κ3) is 0.900. The van der Waals surface area contributed by atoms with E-state index < -0.39 is 0 Å². The lowest BCUT2D eigenvalue weighted by atomic mass is 10.7. The third-order valence-electron chi connectivity index (χ3n) is 0.619. The topological polar surface area (TPSA) is 43.6 Å². The molecule has 0 aliphatic carbocycles. The lowest BCUT2D eigenvalue weighted by Crippen LogP contribution is -1.85. The van der Waals surface area contributed by atoms with Gasteiger partial charge in [0.1, 0.15) is 0 Å². The molecule has 0 bridgehead atoms. The molecule has 0 saturated heterocycles. The van der Waals surface area contributed by atoms with Gasteiger partial charge in [-0.05, 0) is 17.4 Å². The zero-order valence-corrected chi connectivity index (χ0v) is 4.44. The lowest BCUT2D eigenvalue weighted by molar-refractivity contribution is 0.817. The van der Waals surface area contributed by atoms with E-state index in [-0.39, 0.29) is 0 Å². The molecule has 0 atom stereocenters. The van der Waals surface area contributed by atoms with Crippen LogP contribution in [0.4, 0.5) is 0 Å². The molecule has 0 amide bonds. The number of allylic oxidation sites excluding steroid dienone is 1. The fourth-order valence-electron chi connectivity index (χ4n) is 0.353. The molecule has 41 valence electrons. The molecule has 8 heavy (non-hydrogen) atoms. The van der Waals surface area contributed by atoms with Crippen LogP contribution in [0.2, 0.25) is 0 Å². The fraction of sp³-hybridized carbons (Fsp3) is 0.250. The van der Waals surface area contributed by atoms with E-state index in [9.17, 15) is 0 Å². The summed E-state index contributed by atoms with van der Waals surface area (Å²) in [5.41, 5.74) is 0. The van der Waals surface area contributed by atoms with E-state index in [1.54, 1.807) is 6.20 Å². The first kappa shape index (κ1) is 4.96. The number of tetrazole rings is 1. The van der Waals surface area contributed by atoms with Crippen LogP contribution in [0.1, 0.15) is 6.92 Å². The Labute approximate surface area is 46.8 Å². The highest BCUT2D eigenvalue weighted by molar-refractivity contribution is 5.15. The van der Waals surface area contributed by atoms with Crippen LogP contribution in [0.25, 0.3) is 6.20 Å². The first-order valence-electron chi connectivity index (χ1n) is 2.22. The quantitative estimate of drug-likeness (QED) is 0.508. The van der Waals surface area contributed by atoms with E-state index in [0.29, 0.717) is 0 Å². The van der Waals surface area contributed by atoms with Crippen molar-refractivity contribution >= 4 is 6.20 Å². The number of nitrogens with zero attached hydrogens (tertiary/aromatic N) is 4. The zero-order chi connectivity index (χ0) is 5.82. The Hall–Kier alpha value is -1.19. The molecule has 0 spiro atoms. The summed E-state index contributed by atoms with van der Waals surface area (Å²) < 4.78 is 1.40. The average Bonchev–Trinajstić information content (AvgIpc) is 2.19. The summed E-state index contributed by atoms with van der Waals surface area (Å²) in [7, 11) is 0. The Bertz CT molecular complexity index is 164. The molecule has 1 radical (unpaired) electrons. The molecule has 1 aromatic heterocycles. The number of hydrogen-bond acceptors (Lipinski definition) is 3. The molecule has 0 aliphatic heterocycles. The number of rotatable bonds is 1. The SMILES string of the molecule is CC=Cn1[c]nnn1. The molecule has 0 aromatic carbocycles. The predicted octanol–water partition coefficient (Wildman–Crippen LogP) is -0.0361. The van der Waals surface area contributed by atoms with Gasteiger partial charge in [-0.15, -0.1) is 5.10 Å². The molecule has 1 rings (SSSR count). The maximum atomic E-state index is 3.52. The molecule has 0 unspecified atom stereocenters. The van der Waals surface area contributed by atoms with Gasteiger partial charge in [-0.1, -0.05) is 6.08 Å². The van der Waals surface area contributed by atoms with Crippen molar-refractivity contribution in [1.82, 2.24) is 20.2 Å². The monoisotopic (exact) mass is 109 g/mol. The number of aromatic nitrogens is 4. The zero-order valence-electron chi connectivity index (χ0n) is 4.44. The summed E-state index contributed by atoms with van der Waals surface area (Å²) in [6, 6.07) is 0. The molecule has 1 heterocycles. The first-order valence-corrected chi connectivity index (χ1v) is 2.22. The van der Waals surface area contributed by atoms with Crippen LogP contribution in [-0.2, 0) is 0 Å². The number of hydrogen-bond donors (Lipinski definition) is 0. The van der Waals surface area contributed by atoms with Gasteiger partial charge >= 0.3 is 0 Å². The lowest BCUT2D eigenvalue weighted by Gasteiger charge is -1.77. The van der Waals surface area contributed by atoms with Crippen molar-refractivity contribution in [2.45, 2.75) is 6.92 Å². The van der Waals surface area contributed by atoms with E-state index >= 15 is 0 Å². The Morgan fingerprint density at radius 3 is 3.00 bits per heavy atom. The largest absolute Gasteiger partial charge is 0.226 e. The smallest absolute Gasteiger partial charge is 0.197 e. The molecule has 1 aromatic rings. The van der Waals surface area contributed by atoms with Crippen LogP contribution in [0.15, 0.2) is 6.08 Å². The molecule has 0 saturated carbocycles. The van der Waals surface area contributed by atoms with Gasteiger partial charge in [0.05, 0.1) is 0 Å². The molecule has 0 fully saturated rings. The molecule has 0 N–H and O–H groups in total. The van der Waals surface area contributed by atoms with Gasteiger partial charge in [0, 0.05) is 6.20 Å². The van der Waals surface area contributed by atoms with Crippen molar-refractivity contribution in [1.29, 1.82) is 0 Å². The summed E-state index contributed by atoms with van der Waals surface area (Å²) in [5, 5.41) is 10.2. The van der Waals surface area contributed by atoms with Crippen LogP contribution < -0.4 is 0 Å². The minimum atomic E-state index is 1.40. The maximum Gasteiger partial charge on any atom is 0.226 e. The van der Waals surface area contributed by atoms with E-state index in [1.807, 2.05) is 13.0 Å². The van der Waals surface area contributed by atoms with Crippen molar-refractivity contribution in [2.75, 3.05) is 0 Å². The average molecular weight is 109 g/mol. The Morgan fingerprint density at radius 1 is 1.62 bits per heavy atom. The van der Waals surface area contributed by atoms with Gasteiger partial charge in [0.2, 0.25) is 6.33 Å². The minimum absolute atomic E-state index is 1.40. The van der Waals surface area contributed by atoms with Gasteiger partial charge in [0.15, 0.2) is 0 Å². The van der Waals surface area contributed by atoms with Gasteiger partial charge < -0.3 is 0 Å². The highest BCUT2D eigenvalue weighted by Crippen LogP contribution is 1.75. The van der Waals surface area contributed by atoms with E-state index in [2.05, 4.69) is 21.9 Å². The summed E-state index contributed by atoms with van der Waals surface area (Å²) in [6.45, 7) is 1.88. The predicted molar refractivity (Wildman–Crippen MR) is 27.7 cm³/mol. The van der Waals surface area contributed by atoms with Crippen LogP contribution in [0.5, 0.6) is 0 Å². The fourth-order valence-corrected chi connectivity index (χ4v) is 0.353. The van der Waals surface area contributed by atoms with Crippen LogP contribution in [0.3, 0.4) is 0 Å². The van der Waals surface area contributed by atoms with Crippen molar-refractivity contribution in [3.8, 4) is 0 Å². The third-order valence-corrected chi connectivity index (χ3v) is 0.619. The van der Waals surface area contributed by atoms with Gasteiger partial charge in [-0.3, -0.25) is 0 Å². The first-order chi connectivity index (χ1) is 3.93. The van der Waals surface area contributed by atoms with E-state index in [1.165, 1.54) is 4.68 Å². The second kappa shape index (κ2) is 2.20. The molecular formula is C4H5N4. The second-order valence-electron chi connectivity index (χ2n) is 1.21. The van der Waals surface area contributed by atoms with Crippen LogP contribution in [-0.4, -0.2) is 20.2 Å². The van der Waals surface area contributed by atoms with Gasteiger partial charge in [0.25, 0.3) is 0 Å². The minimum Gasteiger partial charge on any atom is -0.197 e. The summed E-state index contributed by atoms with van der Waals surface area (Å²) in [4.78, 5) is 0. The molecule has 4 nitrogen and oxygen atoms in total. The van der Waals surface area contributed by atoms with Crippen molar-refractivity contribution in [3.63, 3.8) is 0 Å². The maximum absolute atomic E-state index is 3.52. The van der Waals surface area contributed by atoms with Crippen LogP contribution >= 0.6 is 0 Å². The van der Waals surface area contributed by atoms with E-state index in [4.69, 9.17) is 0 Å². The van der Waals surface area contributed by atoms with E-state index in [0.717, 1.165) is 0 Å². The summed E-state index contributed by atoms with van der Waals surface area (Å²) in [5.74, 6) is 0.